The molecule has 0 aliphatic heterocycles. The van der Waals surface area contributed by atoms with Crippen LogP contribution in [0.5, 0.6) is 0 Å². The summed E-state index contributed by atoms with van der Waals surface area (Å²) in [4.78, 5) is 0. The Labute approximate surface area is 126 Å². The fourth-order valence-electron chi connectivity index (χ4n) is 1.99. The van der Waals surface area contributed by atoms with Crippen molar-refractivity contribution in [2.24, 2.45) is 0 Å². The minimum Gasteiger partial charge on any atom is -0.501 e. The maximum Gasteiger partial charge on any atom is 0.164 e. The van der Waals surface area contributed by atoms with Gasteiger partial charge in [-0.05, 0) is 18.8 Å². The van der Waals surface area contributed by atoms with E-state index in [-0.39, 0.29) is 0 Å². The van der Waals surface area contributed by atoms with Crippen LogP contribution in [0.3, 0.4) is 0 Å². The summed E-state index contributed by atoms with van der Waals surface area (Å²) in [5, 5.41) is 1.66. The molecule has 0 unspecified atom stereocenters. The lowest BCUT2D eigenvalue weighted by Gasteiger charge is -2.14. The van der Waals surface area contributed by atoms with Gasteiger partial charge in [0.05, 0.1) is 12.9 Å². The zero-order chi connectivity index (χ0) is 15.0. The Morgan fingerprint density at radius 2 is 1.43 bits per heavy atom. The first-order valence-electron chi connectivity index (χ1n) is 6.94. The standard InChI is InChI=1S/C18H19O2P/c1-2-20-15-9-10-16-21(19,17-11-5-3-6-12-17)18-13-7-4-8-14-18/h3-16H,2H2,1H3. The molecule has 0 N–H and O–H groups in total. The number of rotatable bonds is 6. The van der Waals surface area contributed by atoms with Crippen LogP contribution in [0.25, 0.3) is 0 Å². The van der Waals surface area contributed by atoms with Crippen LogP contribution in [0.2, 0.25) is 0 Å². The highest BCUT2D eigenvalue weighted by Crippen LogP contribution is 2.44. The summed E-state index contributed by atoms with van der Waals surface area (Å²) in [5.41, 5.74) is 0. The Hall–Kier alpha value is -2.05. The maximum atomic E-state index is 13.5. The highest BCUT2D eigenvalue weighted by atomic mass is 31.2. The molecule has 2 nitrogen and oxygen atoms in total. The van der Waals surface area contributed by atoms with Gasteiger partial charge in [0.25, 0.3) is 0 Å². The molecule has 0 saturated heterocycles. The molecule has 0 heterocycles. The molecular formula is C18H19O2P. The summed E-state index contributed by atoms with van der Waals surface area (Å²) < 4.78 is 18.6. The normalized spacial score (nSPS) is 12.0. The van der Waals surface area contributed by atoms with Crippen molar-refractivity contribution in [1.82, 2.24) is 0 Å². The van der Waals surface area contributed by atoms with Crippen LogP contribution in [0.1, 0.15) is 6.92 Å². The second kappa shape index (κ2) is 7.66. The molecule has 21 heavy (non-hydrogen) atoms. The van der Waals surface area contributed by atoms with E-state index in [1.807, 2.05) is 67.6 Å². The van der Waals surface area contributed by atoms with Crippen LogP contribution in [0.15, 0.2) is 84.9 Å². The molecule has 2 aromatic rings. The zero-order valence-corrected chi connectivity index (χ0v) is 12.9. The van der Waals surface area contributed by atoms with Gasteiger partial charge in [-0.2, -0.15) is 0 Å². The molecule has 0 amide bonds. The zero-order valence-electron chi connectivity index (χ0n) is 12.1. The van der Waals surface area contributed by atoms with Gasteiger partial charge in [0.15, 0.2) is 7.14 Å². The number of ether oxygens (including phenoxy) is 1. The number of benzene rings is 2. The van der Waals surface area contributed by atoms with Crippen molar-refractivity contribution in [3.63, 3.8) is 0 Å². The van der Waals surface area contributed by atoms with Gasteiger partial charge in [-0.3, -0.25) is 0 Å². The average Bonchev–Trinajstić information content (AvgIpc) is 2.56. The first-order valence-corrected chi connectivity index (χ1v) is 8.72. The van der Waals surface area contributed by atoms with Crippen LogP contribution in [0.4, 0.5) is 0 Å². The molecule has 0 radical (unpaired) electrons. The molecule has 0 spiro atoms. The maximum absolute atomic E-state index is 13.5. The summed E-state index contributed by atoms with van der Waals surface area (Å²) in [6, 6.07) is 19.1. The number of hydrogen-bond donors (Lipinski definition) is 0. The topological polar surface area (TPSA) is 26.3 Å². The summed E-state index contributed by atoms with van der Waals surface area (Å²) in [7, 11) is -2.76. The van der Waals surface area contributed by atoms with Gasteiger partial charge in [0.2, 0.25) is 0 Å². The molecule has 0 saturated carbocycles. The summed E-state index contributed by atoms with van der Waals surface area (Å²) in [6.45, 7) is 2.55. The molecule has 0 atom stereocenters. The Morgan fingerprint density at radius 3 is 1.90 bits per heavy atom. The molecule has 2 rings (SSSR count). The highest BCUT2D eigenvalue weighted by molar-refractivity contribution is 7.81. The number of allylic oxidation sites excluding steroid dienone is 2. The molecular weight excluding hydrogens is 279 g/mol. The smallest absolute Gasteiger partial charge is 0.164 e. The SMILES string of the molecule is CCOC=CC=CP(=O)(c1ccccc1)c1ccccc1. The molecule has 0 aromatic heterocycles. The van der Waals surface area contributed by atoms with Crippen LogP contribution in [-0.4, -0.2) is 6.61 Å². The van der Waals surface area contributed by atoms with Crippen molar-refractivity contribution in [2.45, 2.75) is 6.92 Å². The van der Waals surface area contributed by atoms with Gasteiger partial charge >= 0.3 is 0 Å². The van der Waals surface area contributed by atoms with E-state index < -0.39 is 7.14 Å². The first-order chi connectivity index (χ1) is 10.3. The van der Waals surface area contributed by atoms with E-state index in [1.165, 1.54) is 0 Å². The van der Waals surface area contributed by atoms with Crippen molar-refractivity contribution >= 4 is 17.8 Å². The van der Waals surface area contributed by atoms with Gasteiger partial charge in [0.1, 0.15) is 0 Å². The first kappa shape index (κ1) is 15.3. The van der Waals surface area contributed by atoms with E-state index in [2.05, 4.69) is 0 Å². The van der Waals surface area contributed by atoms with Gasteiger partial charge in [-0.15, -0.1) is 0 Å². The van der Waals surface area contributed by atoms with Crippen molar-refractivity contribution in [3.05, 3.63) is 84.9 Å². The van der Waals surface area contributed by atoms with Gasteiger partial charge in [-0.25, -0.2) is 0 Å². The predicted octanol–water partition coefficient (Wildman–Crippen LogP) is 4.06. The van der Waals surface area contributed by atoms with E-state index >= 15 is 0 Å². The van der Waals surface area contributed by atoms with Crippen molar-refractivity contribution in [2.75, 3.05) is 6.61 Å². The van der Waals surface area contributed by atoms with Crippen LogP contribution in [-0.2, 0) is 9.30 Å². The third kappa shape index (κ3) is 3.96. The quantitative estimate of drug-likeness (QED) is 0.456. The van der Waals surface area contributed by atoms with E-state index in [4.69, 9.17) is 4.74 Å². The second-order valence-corrected chi connectivity index (χ2v) is 7.10. The third-order valence-electron chi connectivity index (χ3n) is 3.03. The average molecular weight is 298 g/mol. The van der Waals surface area contributed by atoms with Gasteiger partial charge in [-0.1, -0.05) is 66.7 Å². The monoisotopic (exact) mass is 298 g/mol. The Balaban J connectivity index is 2.39. The van der Waals surface area contributed by atoms with E-state index in [0.29, 0.717) is 6.61 Å². The van der Waals surface area contributed by atoms with Gasteiger partial charge in [0, 0.05) is 10.6 Å². The Kier molecular flexibility index (Phi) is 5.59. The van der Waals surface area contributed by atoms with Crippen LogP contribution >= 0.6 is 7.14 Å². The summed E-state index contributed by atoms with van der Waals surface area (Å²) in [5.74, 6) is 1.77. The van der Waals surface area contributed by atoms with Crippen molar-refractivity contribution < 1.29 is 9.30 Å². The van der Waals surface area contributed by atoms with Crippen molar-refractivity contribution in [3.8, 4) is 0 Å². The lowest BCUT2D eigenvalue weighted by Crippen LogP contribution is -2.13. The third-order valence-corrected chi connectivity index (χ3v) is 5.75. The molecule has 0 bridgehead atoms. The minimum absolute atomic E-state index is 0.624. The predicted molar refractivity (Wildman–Crippen MR) is 89.7 cm³/mol. The lowest BCUT2D eigenvalue weighted by atomic mass is 10.4. The van der Waals surface area contributed by atoms with E-state index in [0.717, 1.165) is 10.6 Å². The van der Waals surface area contributed by atoms with Crippen molar-refractivity contribution in [1.29, 1.82) is 0 Å². The second-order valence-electron chi connectivity index (χ2n) is 4.45. The Bertz CT molecular complexity index is 602. The Morgan fingerprint density at radius 1 is 0.905 bits per heavy atom. The van der Waals surface area contributed by atoms with E-state index in [1.54, 1.807) is 24.2 Å². The van der Waals surface area contributed by atoms with Gasteiger partial charge < -0.3 is 9.30 Å². The molecule has 2 aromatic carbocycles. The van der Waals surface area contributed by atoms with Crippen LogP contribution in [0, 0.1) is 0 Å². The number of hydrogen-bond acceptors (Lipinski definition) is 2. The largest absolute Gasteiger partial charge is 0.501 e. The molecule has 0 aliphatic rings. The fraction of sp³-hybridized carbons (Fsp3) is 0.111. The molecule has 108 valence electrons. The molecule has 3 heteroatoms. The van der Waals surface area contributed by atoms with E-state index in [9.17, 15) is 4.57 Å². The summed E-state index contributed by atoms with van der Waals surface area (Å²) >= 11 is 0. The van der Waals surface area contributed by atoms with Crippen LogP contribution < -0.4 is 10.6 Å². The fourth-order valence-corrected chi connectivity index (χ4v) is 4.20. The molecule has 0 fully saturated rings. The lowest BCUT2D eigenvalue weighted by molar-refractivity contribution is 0.269. The highest BCUT2D eigenvalue weighted by Gasteiger charge is 2.23. The summed E-state index contributed by atoms with van der Waals surface area (Å²) in [6.07, 6.45) is 5.16. The minimum atomic E-state index is -2.76. The molecule has 0 aliphatic carbocycles.